The molecule has 0 bridgehead atoms. The second kappa shape index (κ2) is 6.10. The summed E-state index contributed by atoms with van der Waals surface area (Å²) in [5.74, 6) is -0.707. The van der Waals surface area contributed by atoms with Gasteiger partial charge in [0.15, 0.2) is 0 Å². The molecule has 0 amide bonds. The minimum absolute atomic E-state index is 0.0279. The Balaban J connectivity index is 2.32. The van der Waals surface area contributed by atoms with Crippen molar-refractivity contribution in [3.05, 3.63) is 29.6 Å². The molecule has 1 aromatic carbocycles. The van der Waals surface area contributed by atoms with E-state index in [1.165, 1.54) is 10.4 Å². The van der Waals surface area contributed by atoms with Crippen LogP contribution in [-0.2, 0) is 10.0 Å². The molecule has 0 aliphatic carbocycles. The van der Waals surface area contributed by atoms with Gasteiger partial charge in [-0.2, -0.15) is 9.57 Å². The van der Waals surface area contributed by atoms with E-state index in [9.17, 15) is 12.8 Å². The maximum absolute atomic E-state index is 13.3. The number of benzene rings is 1. The maximum Gasteiger partial charge on any atom is 0.243 e. The molecule has 0 radical (unpaired) electrons. The van der Waals surface area contributed by atoms with E-state index in [0.29, 0.717) is 19.6 Å². The van der Waals surface area contributed by atoms with Gasteiger partial charge < -0.3 is 4.90 Å². The molecular formula is C14H18FN3O2S. The number of nitriles is 1. The van der Waals surface area contributed by atoms with Crippen LogP contribution in [-0.4, -0.2) is 50.3 Å². The van der Waals surface area contributed by atoms with Crippen molar-refractivity contribution in [3.63, 3.8) is 0 Å². The fourth-order valence-corrected chi connectivity index (χ4v) is 3.97. The SMILES string of the molecule is CCC1CN(S(=O)(=O)c2ccc(F)c(C#N)c2)CCN1C. The van der Waals surface area contributed by atoms with E-state index in [0.717, 1.165) is 18.6 Å². The fourth-order valence-electron chi connectivity index (χ4n) is 2.48. The third kappa shape index (κ3) is 3.07. The molecule has 114 valence electrons. The predicted molar refractivity (Wildman–Crippen MR) is 76.6 cm³/mol. The van der Waals surface area contributed by atoms with Gasteiger partial charge in [-0.05, 0) is 31.7 Å². The number of hydrogen-bond acceptors (Lipinski definition) is 4. The lowest BCUT2D eigenvalue weighted by Gasteiger charge is -2.38. The van der Waals surface area contributed by atoms with Gasteiger partial charge in [0.2, 0.25) is 10.0 Å². The molecule has 0 aromatic heterocycles. The van der Waals surface area contributed by atoms with Crippen molar-refractivity contribution in [1.29, 1.82) is 5.26 Å². The normalized spacial score (nSPS) is 21.1. The first-order valence-corrected chi connectivity index (χ1v) is 8.24. The van der Waals surface area contributed by atoms with Crippen molar-refractivity contribution in [2.24, 2.45) is 0 Å². The Morgan fingerprint density at radius 2 is 2.14 bits per heavy atom. The molecule has 2 rings (SSSR count). The van der Waals surface area contributed by atoms with Crippen LogP contribution in [0, 0.1) is 17.1 Å². The first-order valence-electron chi connectivity index (χ1n) is 6.80. The highest BCUT2D eigenvalue weighted by Crippen LogP contribution is 2.22. The molecule has 0 N–H and O–H groups in total. The molecule has 7 heteroatoms. The Hall–Kier alpha value is -1.49. The molecule has 1 aliphatic rings. The summed E-state index contributed by atoms with van der Waals surface area (Å²) in [6, 6.07) is 5.18. The van der Waals surface area contributed by atoms with Crippen molar-refractivity contribution in [1.82, 2.24) is 9.21 Å². The van der Waals surface area contributed by atoms with Gasteiger partial charge in [0.1, 0.15) is 11.9 Å². The molecule has 5 nitrogen and oxygen atoms in total. The molecule has 21 heavy (non-hydrogen) atoms. The fraction of sp³-hybridized carbons (Fsp3) is 0.500. The zero-order chi connectivity index (χ0) is 15.6. The van der Waals surface area contributed by atoms with Gasteiger partial charge in [0.25, 0.3) is 0 Å². The van der Waals surface area contributed by atoms with Crippen LogP contribution in [0.5, 0.6) is 0 Å². The molecule has 1 atom stereocenters. The van der Waals surface area contributed by atoms with Crippen molar-refractivity contribution in [2.75, 3.05) is 26.7 Å². The topological polar surface area (TPSA) is 64.4 Å². The molecule has 1 aromatic rings. The standard InChI is InChI=1S/C14H18FN3O2S/c1-3-12-10-18(7-6-17(12)2)21(19,20)13-4-5-14(15)11(8-13)9-16/h4-5,8,12H,3,6-7,10H2,1-2H3. The number of nitrogens with zero attached hydrogens (tertiary/aromatic N) is 3. The molecule has 1 fully saturated rings. The number of rotatable bonds is 3. The zero-order valence-corrected chi connectivity index (χ0v) is 12.9. The number of sulfonamides is 1. The van der Waals surface area contributed by atoms with Crippen LogP contribution in [0.2, 0.25) is 0 Å². The van der Waals surface area contributed by atoms with Crippen LogP contribution in [0.4, 0.5) is 4.39 Å². The number of likely N-dealkylation sites (N-methyl/N-ethyl adjacent to an activating group) is 1. The lowest BCUT2D eigenvalue weighted by molar-refractivity contribution is 0.144. The summed E-state index contributed by atoms with van der Waals surface area (Å²) < 4.78 is 40.0. The molecule has 0 spiro atoms. The van der Waals surface area contributed by atoms with Crippen molar-refractivity contribution < 1.29 is 12.8 Å². The van der Waals surface area contributed by atoms with E-state index in [1.54, 1.807) is 6.07 Å². The summed E-state index contributed by atoms with van der Waals surface area (Å²) in [5, 5.41) is 8.83. The van der Waals surface area contributed by atoms with E-state index in [2.05, 4.69) is 4.90 Å². The highest BCUT2D eigenvalue weighted by atomic mass is 32.2. The number of piperazine rings is 1. The van der Waals surface area contributed by atoms with Gasteiger partial charge in [-0.1, -0.05) is 6.92 Å². The third-order valence-corrected chi connectivity index (χ3v) is 5.77. The monoisotopic (exact) mass is 311 g/mol. The maximum atomic E-state index is 13.3. The summed E-state index contributed by atoms with van der Waals surface area (Å²) in [7, 11) is -1.71. The summed E-state index contributed by atoms with van der Waals surface area (Å²) >= 11 is 0. The van der Waals surface area contributed by atoms with E-state index in [4.69, 9.17) is 5.26 Å². The van der Waals surface area contributed by atoms with Gasteiger partial charge in [0, 0.05) is 25.7 Å². The third-order valence-electron chi connectivity index (χ3n) is 3.91. The largest absolute Gasteiger partial charge is 0.301 e. The average Bonchev–Trinajstić information content (AvgIpc) is 2.47. The molecule has 1 aliphatic heterocycles. The van der Waals surface area contributed by atoms with E-state index >= 15 is 0 Å². The summed E-state index contributed by atoms with van der Waals surface area (Å²) in [6.07, 6.45) is 0.857. The van der Waals surface area contributed by atoms with Gasteiger partial charge in [-0.3, -0.25) is 0 Å². The quantitative estimate of drug-likeness (QED) is 0.847. The lowest BCUT2D eigenvalue weighted by atomic mass is 10.1. The van der Waals surface area contributed by atoms with Crippen molar-refractivity contribution in [3.8, 4) is 6.07 Å². The number of halogens is 1. The minimum atomic E-state index is -3.69. The van der Waals surface area contributed by atoms with Crippen LogP contribution in [0.3, 0.4) is 0 Å². The first-order chi connectivity index (χ1) is 9.90. The Bertz CT molecular complexity index is 669. The number of hydrogen-bond donors (Lipinski definition) is 0. The lowest BCUT2D eigenvalue weighted by Crippen LogP contribution is -2.52. The van der Waals surface area contributed by atoms with Gasteiger partial charge in [0.05, 0.1) is 10.5 Å². The van der Waals surface area contributed by atoms with Gasteiger partial charge in [-0.15, -0.1) is 0 Å². The van der Waals surface area contributed by atoms with Crippen LogP contribution in [0.1, 0.15) is 18.9 Å². The zero-order valence-electron chi connectivity index (χ0n) is 12.1. The molecule has 1 saturated heterocycles. The molecule has 1 heterocycles. The predicted octanol–water partition coefficient (Wildman–Crippen LogP) is 1.41. The van der Waals surface area contributed by atoms with Crippen LogP contribution in [0.25, 0.3) is 0 Å². The van der Waals surface area contributed by atoms with Crippen LogP contribution in [0.15, 0.2) is 23.1 Å². The van der Waals surface area contributed by atoms with Crippen molar-refractivity contribution >= 4 is 10.0 Å². The average molecular weight is 311 g/mol. The second-order valence-corrected chi connectivity index (χ2v) is 7.10. The van der Waals surface area contributed by atoms with E-state index < -0.39 is 15.8 Å². The Morgan fingerprint density at radius 3 is 2.76 bits per heavy atom. The minimum Gasteiger partial charge on any atom is -0.301 e. The van der Waals surface area contributed by atoms with E-state index in [-0.39, 0.29) is 16.5 Å². The summed E-state index contributed by atoms with van der Waals surface area (Å²) in [4.78, 5) is 2.11. The molecule has 1 unspecified atom stereocenters. The smallest absolute Gasteiger partial charge is 0.243 e. The molecule has 0 saturated carbocycles. The summed E-state index contributed by atoms with van der Waals surface area (Å²) in [6.45, 7) is 3.48. The van der Waals surface area contributed by atoms with Gasteiger partial charge >= 0.3 is 0 Å². The van der Waals surface area contributed by atoms with Crippen molar-refractivity contribution in [2.45, 2.75) is 24.3 Å². The molecular weight excluding hydrogens is 293 g/mol. The Morgan fingerprint density at radius 1 is 1.43 bits per heavy atom. The Kier molecular flexibility index (Phi) is 4.61. The highest BCUT2D eigenvalue weighted by molar-refractivity contribution is 7.89. The van der Waals surface area contributed by atoms with Gasteiger partial charge in [-0.25, -0.2) is 12.8 Å². The second-order valence-electron chi connectivity index (χ2n) is 5.16. The van der Waals surface area contributed by atoms with Crippen LogP contribution >= 0.6 is 0 Å². The highest BCUT2D eigenvalue weighted by Gasteiger charge is 2.32. The Labute approximate surface area is 124 Å². The van der Waals surface area contributed by atoms with E-state index in [1.807, 2.05) is 14.0 Å². The first kappa shape index (κ1) is 15.9. The van der Waals surface area contributed by atoms with Crippen LogP contribution < -0.4 is 0 Å². The summed E-state index contributed by atoms with van der Waals surface area (Å²) in [5.41, 5.74) is -0.253.